The third-order valence-corrected chi connectivity index (χ3v) is 4.85. The van der Waals surface area contributed by atoms with Crippen LogP contribution in [0.25, 0.3) is 5.69 Å². The predicted octanol–water partition coefficient (Wildman–Crippen LogP) is 2.66. The molecule has 3 aromatic rings. The fraction of sp³-hybridized carbons (Fsp3) is 0.158. The molecule has 0 spiro atoms. The quantitative estimate of drug-likeness (QED) is 0.574. The number of nitrogens with two attached hydrogens (primary N) is 1. The first-order chi connectivity index (χ1) is 14.0. The van der Waals surface area contributed by atoms with Crippen molar-refractivity contribution in [1.29, 1.82) is 0 Å². The third kappa shape index (κ3) is 5.11. The van der Waals surface area contributed by atoms with Gasteiger partial charge in [-0.25, -0.2) is 9.18 Å². The standard InChI is InChI=1S/C19H18FN5O3S/c1-12(17(26)22-18(21)27)29-19-24-23-16(25(19)13-7-3-2-4-8-13)11-28-15-10-6-5-9-14(15)20/h2-10,12H,11H2,1H3,(H3,21,22,26,27)/t12-/m0/s1. The number of aromatic nitrogens is 3. The topological polar surface area (TPSA) is 112 Å². The first-order valence-electron chi connectivity index (χ1n) is 8.59. The number of halogens is 1. The summed E-state index contributed by atoms with van der Waals surface area (Å²) >= 11 is 1.10. The van der Waals surface area contributed by atoms with Gasteiger partial charge < -0.3 is 10.5 Å². The Bertz CT molecular complexity index is 1010. The van der Waals surface area contributed by atoms with Crippen molar-refractivity contribution in [1.82, 2.24) is 20.1 Å². The lowest BCUT2D eigenvalue weighted by Crippen LogP contribution is -2.39. The van der Waals surface area contributed by atoms with Gasteiger partial charge in [0.15, 0.2) is 22.5 Å². The van der Waals surface area contributed by atoms with Crippen LogP contribution in [0, 0.1) is 5.82 Å². The van der Waals surface area contributed by atoms with Crippen LogP contribution in [0.2, 0.25) is 0 Å². The van der Waals surface area contributed by atoms with Gasteiger partial charge >= 0.3 is 6.03 Å². The predicted molar refractivity (Wildman–Crippen MR) is 105 cm³/mol. The zero-order chi connectivity index (χ0) is 20.8. The van der Waals surface area contributed by atoms with Gasteiger partial charge in [0.2, 0.25) is 5.91 Å². The van der Waals surface area contributed by atoms with Gasteiger partial charge in [-0.05, 0) is 31.2 Å². The summed E-state index contributed by atoms with van der Waals surface area (Å²) in [7, 11) is 0. The molecule has 0 radical (unpaired) electrons. The highest BCUT2D eigenvalue weighted by atomic mass is 32.2. The molecule has 0 aliphatic heterocycles. The Morgan fingerprint density at radius 3 is 2.55 bits per heavy atom. The summed E-state index contributed by atoms with van der Waals surface area (Å²) in [6.07, 6.45) is 0. The van der Waals surface area contributed by atoms with Crippen LogP contribution in [0.1, 0.15) is 12.7 Å². The number of hydrogen-bond acceptors (Lipinski definition) is 6. The average Bonchev–Trinajstić information content (AvgIpc) is 3.10. The molecule has 0 bridgehead atoms. The molecule has 1 aromatic heterocycles. The molecular formula is C19H18FN5O3S. The van der Waals surface area contributed by atoms with Crippen LogP contribution in [-0.2, 0) is 11.4 Å². The maximum Gasteiger partial charge on any atom is 0.318 e. The Hall–Kier alpha value is -3.40. The van der Waals surface area contributed by atoms with Crippen LogP contribution in [0.4, 0.5) is 9.18 Å². The Kier molecular flexibility index (Phi) is 6.45. The summed E-state index contributed by atoms with van der Waals surface area (Å²) in [4.78, 5) is 22.9. The van der Waals surface area contributed by atoms with E-state index in [-0.39, 0.29) is 12.4 Å². The van der Waals surface area contributed by atoms with E-state index in [4.69, 9.17) is 10.5 Å². The van der Waals surface area contributed by atoms with Crippen molar-refractivity contribution in [3.05, 3.63) is 66.2 Å². The highest BCUT2D eigenvalue weighted by Gasteiger charge is 2.22. The maximum absolute atomic E-state index is 13.8. The summed E-state index contributed by atoms with van der Waals surface area (Å²) in [5.41, 5.74) is 5.74. The number of hydrogen-bond donors (Lipinski definition) is 2. The molecule has 0 saturated carbocycles. The monoisotopic (exact) mass is 415 g/mol. The number of carbonyl (C=O) groups excluding carboxylic acids is 2. The summed E-state index contributed by atoms with van der Waals surface area (Å²) in [5.74, 6) is -0.512. The average molecular weight is 415 g/mol. The van der Waals surface area contributed by atoms with Crippen LogP contribution in [0.3, 0.4) is 0 Å². The first-order valence-corrected chi connectivity index (χ1v) is 9.47. The van der Waals surface area contributed by atoms with Gasteiger partial charge in [0, 0.05) is 5.69 Å². The Labute approximate surface area is 170 Å². The van der Waals surface area contributed by atoms with E-state index in [1.165, 1.54) is 12.1 Å². The van der Waals surface area contributed by atoms with Crippen molar-refractivity contribution in [2.75, 3.05) is 0 Å². The van der Waals surface area contributed by atoms with E-state index in [0.29, 0.717) is 11.0 Å². The van der Waals surface area contributed by atoms with Crippen molar-refractivity contribution in [2.24, 2.45) is 5.73 Å². The molecule has 3 N–H and O–H groups in total. The van der Waals surface area contributed by atoms with E-state index < -0.39 is 23.0 Å². The molecule has 0 aliphatic rings. The molecule has 29 heavy (non-hydrogen) atoms. The van der Waals surface area contributed by atoms with Crippen molar-refractivity contribution >= 4 is 23.7 Å². The van der Waals surface area contributed by atoms with Crippen LogP contribution >= 0.6 is 11.8 Å². The minimum atomic E-state index is -0.925. The second kappa shape index (κ2) is 9.20. The van der Waals surface area contributed by atoms with E-state index in [1.54, 1.807) is 23.6 Å². The molecule has 1 heterocycles. The molecule has 10 heteroatoms. The fourth-order valence-electron chi connectivity index (χ4n) is 2.45. The minimum Gasteiger partial charge on any atom is -0.483 e. The molecule has 1 atom stereocenters. The number of rotatable bonds is 7. The largest absolute Gasteiger partial charge is 0.483 e. The third-order valence-electron chi connectivity index (χ3n) is 3.81. The van der Waals surface area contributed by atoms with E-state index in [0.717, 1.165) is 17.4 Å². The summed E-state index contributed by atoms with van der Waals surface area (Å²) < 4.78 is 21.1. The number of imide groups is 1. The number of carbonyl (C=O) groups is 2. The van der Waals surface area contributed by atoms with Crippen molar-refractivity contribution in [3.8, 4) is 11.4 Å². The van der Waals surface area contributed by atoms with Crippen molar-refractivity contribution in [2.45, 2.75) is 23.9 Å². The number of amides is 3. The molecule has 3 rings (SSSR count). The van der Waals surface area contributed by atoms with E-state index in [2.05, 4.69) is 10.2 Å². The zero-order valence-corrected chi connectivity index (χ0v) is 16.2. The van der Waals surface area contributed by atoms with Crippen LogP contribution in [-0.4, -0.2) is 32.0 Å². The number of primary amides is 1. The molecule has 0 unspecified atom stereocenters. The number of urea groups is 1. The second-order valence-corrected chi connectivity index (χ2v) is 7.21. The molecule has 8 nitrogen and oxygen atoms in total. The van der Waals surface area contributed by atoms with Gasteiger partial charge in [-0.15, -0.1) is 10.2 Å². The second-order valence-electron chi connectivity index (χ2n) is 5.90. The lowest BCUT2D eigenvalue weighted by Gasteiger charge is -2.13. The highest BCUT2D eigenvalue weighted by Crippen LogP contribution is 2.26. The highest BCUT2D eigenvalue weighted by molar-refractivity contribution is 8.00. The summed E-state index contributed by atoms with van der Waals surface area (Å²) in [6.45, 7) is 1.58. The van der Waals surface area contributed by atoms with Crippen molar-refractivity contribution in [3.63, 3.8) is 0 Å². The van der Waals surface area contributed by atoms with Gasteiger partial charge in [-0.2, -0.15) is 0 Å². The lowest BCUT2D eigenvalue weighted by molar-refractivity contribution is -0.119. The lowest BCUT2D eigenvalue weighted by atomic mass is 10.3. The first kappa shape index (κ1) is 20.3. The summed E-state index contributed by atoms with van der Waals surface area (Å²) in [6, 6.07) is 14.4. The van der Waals surface area contributed by atoms with Crippen LogP contribution < -0.4 is 15.8 Å². The number of benzene rings is 2. The minimum absolute atomic E-state index is 0.0365. The van der Waals surface area contributed by atoms with Crippen LogP contribution in [0.5, 0.6) is 5.75 Å². The number of thioether (sulfide) groups is 1. The maximum atomic E-state index is 13.8. The fourth-order valence-corrected chi connectivity index (χ4v) is 3.33. The molecule has 0 aliphatic carbocycles. The Balaban J connectivity index is 1.86. The molecule has 2 aromatic carbocycles. The number of nitrogens with one attached hydrogen (secondary N) is 1. The SMILES string of the molecule is C[C@H](Sc1nnc(COc2ccccc2F)n1-c1ccccc1)C(=O)NC(N)=O. The number of nitrogens with zero attached hydrogens (tertiary/aromatic N) is 3. The van der Waals surface area contributed by atoms with Gasteiger partial charge in [-0.1, -0.05) is 42.1 Å². The molecule has 0 fully saturated rings. The van der Waals surface area contributed by atoms with E-state index >= 15 is 0 Å². The summed E-state index contributed by atoms with van der Waals surface area (Å²) in [5, 5.41) is 10.1. The molecule has 150 valence electrons. The van der Waals surface area contributed by atoms with Gasteiger partial charge in [0.1, 0.15) is 6.61 Å². The number of ether oxygens (including phenoxy) is 1. The zero-order valence-electron chi connectivity index (χ0n) is 15.4. The molecular weight excluding hydrogens is 397 g/mol. The van der Waals surface area contributed by atoms with Gasteiger partial charge in [0.05, 0.1) is 5.25 Å². The van der Waals surface area contributed by atoms with E-state index in [1.807, 2.05) is 35.6 Å². The van der Waals surface area contributed by atoms with Gasteiger partial charge in [0.25, 0.3) is 0 Å². The van der Waals surface area contributed by atoms with E-state index in [9.17, 15) is 14.0 Å². The Morgan fingerprint density at radius 1 is 1.17 bits per heavy atom. The van der Waals surface area contributed by atoms with Crippen LogP contribution in [0.15, 0.2) is 59.8 Å². The molecule has 0 saturated heterocycles. The van der Waals surface area contributed by atoms with Crippen molar-refractivity contribution < 1.29 is 18.7 Å². The normalized spacial score (nSPS) is 11.7. The molecule has 3 amide bonds. The van der Waals surface area contributed by atoms with Gasteiger partial charge in [-0.3, -0.25) is 14.7 Å². The Morgan fingerprint density at radius 2 is 1.86 bits per heavy atom. The smallest absolute Gasteiger partial charge is 0.318 e. The number of para-hydroxylation sites is 2.